The zero-order valence-electron chi connectivity index (χ0n) is 11.9. The lowest BCUT2D eigenvalue weighted by Gasteiger charge is -2.29. The van der Waals surface area contributed by atoms with Crippen molar-refractivity contribution in [1.29, 1.82) is 0 Å². The number of nitrogen functional groups attached to an aromatic ring is 1. The van der Waals surface area contributed by atoms with Gasteiger partial charge in [0.15, 0.2) is 0 Å². The third-order valence-electron chi connectivity index (χ3n) is 3.34. The van der Waals surface area contributed by atoms with Crippen LogP contribution in [0.25, 0.3) is 0 Å². The fourth-order valence-corrected chi connectivity index (χ4v) is 2.26. The molecule has 1 aromatic carbocycles. The molecule has 4 heteroatoms. The standard InChI is InChI=1S/C15H24N2O2/c1-3-8-18-14-9-12(16)10-15(11-14)19-13-4-6-17(2)7-5-13/h9-11,13H,3-8,16H2,1-2H3. The van der Waals surface area contributed by atoms with Crippen molar-refractivity contribution in [2.45, 2.75) is 32.3 Å². The fraction of sp³-hybridized carbons (Fsp3) is 0.600. The first-order valence-electron chi connectivity index (χ1n) is 7.06. The lowest BCUT2D eigenvalue weighted by molar-refractivity contribution is 0.114. The van der Waals surface area contributed by atoms with Gasteiger partial charge in [-0.25, -0.2) is 0 Å². The number of nitrogens with zero attached hydrogens (tertiary/aromatic N) is 1. The van der Waals surface area contributed by atoms with Crippen molar-refractivity contribution >= 4 is 5.69 Å². The second-order valence-electron chi connectivity index (χ2n) is 5.21. The largest absolute Gasteiger partial charge is 0.493 e. The van der Waals surface area contributed by atoms with Crippen LogP contribution in [0.4, 0.5) is 5.69 Å². The van der Waals surface area contributed by atoms with Gasteiger partial charge in [0.05, 0.1) is 6.61 Å². The normalized spacial score (nSPS) is 17.4. The third-order valence-corrected chi connectivity index (χ3v) is 3.34. The van der Waals surface area contributed by atoms with E-state index < -0.39 is 0 Å². The Balaban J connectivity index is 1.97. The van der Waals surface area contributed by atoms with E-state index >= 15 is 0 Å². The highest BCUT2D eigenvalue weighted by Crippen LogP contribution is 2.27. The number of hydrogen-bond donors (Lipinski definition) is 1. The first-order valence-corrected chi connectivity index (χ1v) is 7.06. The quantitative estimate of drug-likeness (QED) is 0.830. The summed E-state index contributed by atoms with van der Waals surface area (Å²) in [4.78, 5) is 2.33. The number of ether oxygens (including phenoxy) is 2. The maximum Gasteiger partial charge on any atom is 0.125 e. The Labute approximate surface area is 115 Å². The predicted octanol–water partition coefficient (Wildman–Crippen LogP) is 2.53. The van der Waals surface area contributed by atoms with Gasteiger partial charge in [-0.3, -0.25) is 0 Å². The number of likely N-dealkylation sites (tertiary alicyclic amines) is 1. The molecule has 0 saturated carbocycles. The molecule has 1 aliphatic heterocycles. The summed E-state index contributed by atoms with van der Waals surface area (Å²) in [6, 6.07) is 5.65. The van der Waals surface area contributed by atoms with Crippen molar-refractivity contribution in [3.8, 4) is 11.5 Å². The molecule has 19 heavy (non-hydrogen) atoms. The maximum absolute atomic E-state index is 6.02. The molecule has 0 unspecified atom stereocenters. The number of nitrogens with two attached hydrogens (primary N) is 1. The molecular formula is C15H24N2O2. The first-order chi connectivity index (χ1) is 9.17. The van der Waals surface area contributed by atoms with Gasteiger partial charge in [0, 0.05) is 37.0 Å². The second-order valence-corrected chi connectivity index (χ2v) is 5.21. The van der Waals surface area contributed by atoms with Gasteiger partial charge in [0.2, 0.25) is 0 Å². The van der Waals surface area contributed by atoms with Crippen LogP contribution in [0.5, 0.6) is 11.5 Å². The Morgan fingerprint density at radius 1 is 1.21 bits per heavy atom. The number of hydrogen-bond acceptors (Lipinski definition) is 4. The molecule has 1 aromatic rings. The molecule has 4 nitrogen and oxygen atoms in total. The van der Waals surface area contributed by atoms with Crippen LogP contribution in [0, 0.1) is 0 Å². The molecule has 0 aliphatic carbocycles. The SMILES string of the molecule is CCCOc1cc(N)cc(OC2CCN(C)CC2)c1. The Morgan fingerprint density at radius 2 is 1.89 bits per heavy atom. The summed E-state index contributed by atoms with van der Waals surface area (Å²) in [5.41, 5.74) is 6.58. The molecule has 0 bridgehead atoms. The molecule has 2 N–H and O–H groups in total. The van der Waals surface area contributed by atoms with Crippen LogP contribution < -0.4 is 15.2 Å². The van der Waals surface area contributed by atoms with Gasteiger partial charge in [0.1, 0.15) is 17.6 Å². The third kappa shape index (κ3) is 4.31. The van der Waals surface area contributed by atoms with E-state index in [1.165, 1.54) is 0 Å². The van der Waals surface area contributed by atoms with E-state index in [0.29, 0.717) is 12.3 Å². The summed E-state index contributed by atoms with van der Waals surface area (Å²) in [5.74, 6) is 1.62. The van der Waals surface area contributed by atoms with Crippen molar-refractivity contribution in [1.82, 2.24) is 4.90 Å². The monoisotopic (exact) mass is 264 g/mol. The number of anilines is 1. The average Bonchev–Trinajstić information content (AvgIpc) is 2.38. The van der Waals surface area contributed by atoms with Crippen molar-refractivity contribution in [2.24, 2.45) is 0 Å². The Morgan fingerprint density at radius 3 is 2.58 bits per heavy atom. The van der Waals surface area contributed by atoms with Gasteiger partial charge >= 0.3 is 0 Å². The smallest absolute Gasteiger partial charge is 0.125 e. The van der Waals surface area contributed by atoms with Crippen molar-refractivity contribution in [2.75, 3.05) is 32.5 Å². The van der Waals surface area contributed by atoms with Crippen molar-refractivity contribution in [3.05, 3.63) is 18.2 Å². The molecule has 0 amide bonds. The number of rotatable bonds is 5. The molecule has 0 aromatic heterocycles. The summed E-state index contributed by atoms with van der Waals surface area (Å²) >= 11 is 0. The Kier molecular flexibility index (Phi) is 4.91. The van der Waals surface area contributed by atoms with E-state index in [1.54, 1.807) is 0 Å². The lowest BCUT2D eigenvalue weighted by Crippen LogP contribution is -2.35. The highest BCUT2D eigenvalue weighted by atomic mass is 16.5. The molecule has 106 valence electrons. The Hall–Kier alpha value is -1.42. The van der Waals surface area contributed by atoms with Crippen molar-refractivity contribution < 1.29 is 9.47 Å². The van der Waals surface area contributed by atoms with Crippen molar-refractivity contribution in [3.63, 3.8) is 0 Å². The van der Waals surface area contributed by atoms with Crippen LogP contribution in [-0.4, -0.2) is 37.7 Å². The lowest BCUT2D eigenvalue weighted by atomic mass is 10.1. The van der Waals surface area contributed by atoms with Gasteiger partial charge in [-0.2, -0.15) is 0 Å². The molecule has 0 atom stereocenters. The molecule has 0 radical (unpaired) electrons. The van der Waals surface area contributed by atoms with E-state index in [0.717, 1.165) is 43.9 Å². The minimum Gasteiger partial charge on any atom is -0.493 e. The van der Waals surface area contributed by atoms with E-state index in [1.807, 2.05) is 18.2 Å². The summed E-state index contributed by atoms with van der Waals surface area (Å²) in [7, 11) is 2.15. The van der Waals surface area contributed by atoms with E-state index in [4.69, 9.17) is 15.2 Å². The minimum atomic E-state index is 0.289. The number of benzene rings is 1. The molecule has 2 rings (SSSR count). The van der Waals surface area contributed by atoms with Crippen LogP contribution in [-0.2, 0) is 0 Å². The van der Waals surface area contributed by atoms with E-state index in [-0.39, 0.29) is 6.10 Å². The first kappa shape index (κ1) is 14.0. The molecule has 1 heterocycles. The van der Waals surface area contributed by atoms with Crippen LogP contribution >= 0.6 is 0 Å². The summed E-state index contributed by atoms with van der Waals surface area (Å²) < 4.78 is 11.6. The van der Waals surface area contributed by atoms with Gasteiger partial charge in [-0.05, 0) is 26.3 Å². The summed E-state index contributed by atoms with van der Waals surface area (Å²) in [6.07, 6.45) is 3.41. The minimum absolute atomic E-state index is 0.289. The average molecular weight is 264 g/mol. The van der Waals surface area contributed by atoms with Gasteiger partial charge in [-0.1, -0.05) is 6.92 Å². The van der Waals surface area contributed by atoms with E-state index in [2.05, 4.69) is 18.9 Å². The maximum atomic E-state index is 6.02. The van der Waals surface area contributed by atoms with Crippen LogP contribution in [0.1, 0.15) is 26.2 Å². The molecular weight excluding hydrogens is 240 g/mol. The fourth-order valence-electron chi connectivity index (χ4n) is 2.26. The number of piperidine rings is 1. The zero-order chi connectivity index (χ0) is 13.7. The molecule has 0 spiro atoms. The zero-order valence-corrected chi connectivity index (χ0v) is 11.9. The highest BCUT2D eigenvalue weighted by molar-refractivity contribution is 5.50. The van der Waals surface area contributed by atoms with Crippen LogP contribution in [0.2, 0.25) is 0 Å². The summed E-state index contributed by atoms with van der Waals surface area (Å²) in [5, 5.41) is 0. The van der Waals surface area contributed by atoms with Crippen LogP contribution in [0.15, 0.2) is 18.2 Å². The summed E-state index contributed by atoms with van der Waals surface area (Å²) in [6.45, 7) is 4.97. The molecule has 1 aliphatic rings. The molecule has 1 fully saturated rings. The second kappa shape index (κ2) is 6.66. The van der Waals surface area contributed by atoms with Gasteiger partial charge < -0.3 is 20.1 Å². The van der Waals surface area contributed by atoms with E-state index in [9.17, 15) is 0 Å². The van der Waals surface area contributed by atoms with Gasteiger partial charge in [0.25, 0.3) is 0 Å². The predicted molar refractivity (Wildman–Crippen MR) is 77.8 cm³/mol. The highest BCUT2D eigenvalue weighted by Gasteiger charge is 2.18. The molecule has 1 saturated heterocycles. The topological polar surface area (TPSA) is 47.7 Å². The Bertz CT molecular complexity index is 401. The van der Waals surface area contributed by atoms with Gasteiger partial charge in [-0.15, -0.1) is 0 Å². The van der Waals surface area contributed by atoms with Crippen LogP contribution in [0.3, 0.4) is 0 Å².